The molecular weight excluding hydrogens is 443 g/mol. The third-order valence-electron chi connectivity index (χ3n) is 5.35. The van der Waals surface area contributed by atoms with Crippen molar-refractivity contribution in [2.45, 2.75) is 59.4 Å². The monoisotopic (exact) mass is 480 g/mol. The molecule has 6 nitrogen and oxygen atoms in total. The second-order valence-corrected chi connectivity index (χ2v) is 7.76. The topological polar surface area (TPSA) is 66.0 Å². The highest BCUT2D eigenvalue weighted by Gasteiger charge is 2.33. The van der Waals surface area contributed by atoms with Gasteiger partial charge in [0.25, 0.3) is 0 Å². The predicted octanol–water partition coefficient (Wildman–Crippen LogP) is 2.62. The maximum absolute atomic E-state index is 12.5. The van der Waals surface area contributed by atoms with Gasteiger partial charge in [0, 0.05) is 37.0 Å². The maximum Gasteiger partial charge on any atom is 0.225 e. The Morgan fingerprint density at radius 3 is 2.31 bits per heavy atom. The largest absolute Gasteiger partial charge is 0.380 e. The fourth-order valence-electron chi connectivity index (χ4n) is 3.47. The molecule has 2 aliphatic rings. The lowest BCUT2D eigenvalue weighted by molar-refractivity contribution is -0.136. The predicted molar refractivity (Wildman–Crippen MR) is 117 cm³/mol. The molecule has 2 aliphatic heterocycles. The van der Waals surface area contributed by atoms with Crippen LogP contribution in [0.5, 0.6) is 0 Å². The fraction of sp³-hybridized carbons (Fsp3) is 0.895. The Bertz CT molecular complexity index is 456. The van der Waals surface area contributed by atoms with Gasteiger partial charge in [-0.2, -0.15) is 0 Å². The van der Waals surface area contributed by atoms with E-state index in [1.165, 1.54) is 0 Å². The summed E-state index contributed by atoms with van der Waals surface area (Å²) in [6, 6.07) is 0.383. The zero-order valence-corrected chi connectivity index (χ0v) is 19.2. The van der Waals surface area contributed by atoms with E-state index in [1.807, 2.05) is 4.90 Å². The first kappa shape index (κ1) is 23.5. The Kier molecular flexibility index (Phi) is 10.2. The van der Waals surface area contributed by atoms with Gasteiger partial charge >= 0.3 is 0 Å². The summed E-state index contributed by atoms with van der Waals surface area (Å²) in [6.45, 7) is 13.4. The van der Waals surface area contributed by atoms with Crippen LogP contribution in [0.2, 0.25) is 0 Å². The van der Waals surface area contributed by atoms with Crippen LogP contribution < -0.4 is 10.6 Å². The number of nitrogens with one attached hydrogen (secondary N) is 2. The molecule has 0 aliphatic carbocycles. The summed E-state index contributed by atoms with van der Waals surface area (Å²) in [7, 11) is 0. The van der Waals surface area contributed by atoms with Gasteiger partial charge in [0.15, 0.2) is 5.96 Å². The van der Waals surface area contributed by atoms with Crippen LogP contribution in [0.25, 0.3) is 0 Å². The van der Waals surface area contributed by atoms with E-state index in [-0.39, 0.29) is 35.3 Å². The van der Waals surface area contributed by atoms with Crippen molar-refractivity contribution in [3.63, 3.8) is 0 Å². The van der Waals surface area contributed by atoms with Gasteiger partial charge in [-0.05, 0) is 32.6 Å². The standard InChI is InChI=1S/C19H36N4O2.HI/c1-5-15(6-2)17(24)23-10-8-16(9-11-23)22-18(20-7-3)21-12-19(4)13-25-14-19;/h15-16H,5-14H2,1-4H3,(H2,20,21,22);1H. The van der Waals surface area contributed by atoms with Gasteiger partial charge < -0.3 is 20.3 Å². The lowest BCUT2D eigenvalue weighted by Crippen LogP contribution is -2.51. The first-order chi connectivity index (χ1) is 12.0. The summed E-state index contributed by atoms with van der Waals surface area (Å²) in [5, 5.41) is 6.89. The first-order valence-corrected chi connectivity index (χ1v) is 9.92. The van der Waals surface area contributed by atoms with Crippen molar-refractivity contribution in [3.05, 3.63) is 0 Å². The number of nitrogens with zero attached hydrogens (tertiary/aromatic N) is 2. The quantitative estimate of drug-likeness (QED) is 0.334. The zero-order valence-electron chi connectivity index (χ0n) is 16.8. The van der Waals surface area contributed by atoms with E-state index >= 15 is 0 Å². The Hall–Kier alpha value is -0.570. The number of hydrogen-bond acceptors (Lipinski definition) is 3. The third kappa shape index (κ3) is 6.55. The minimum atomic E-state index is 0. The number of guanidine groups is 1. The van der Waals surface area contributed by atoms with Crippen LogP contribution >= 0.6 is 24.0 Å². The molecular formula is C19H37IN4O2. The molecule has 0 spiro atoms. The molecule has 0 bridgehead atoms. The molecule has 2 N–H and O–H groups in total. The molecule has 0 aromatic heterocycles. The minimum absolute atomic E-state index is 0. The van der Waals surface area contributed by atoms with Crippen LogP contribution in [-0.4, -0.2) is 62.2 Å². The smallest absolute Gasteiger partial charge is 0.225 e. The van der Waals surface area contributed by atoms with Crippen molar-refractivity contribution >= 4 is 35.8 Å². The van der Waals surface area contributed by atoms with Gasteiger partial charge in [-0.15, -0.1) is 24.0 Å². The zero-order chi connectivity index (χ0) is 18.3. The number of halogens is 1. The molecule has 1 amide bonds. The van der Waals surface area contributed by atoms with Crippen molar-refractivity contribution < 1.29 is 9.53 Å². The fourth-order valence-corrected chi connectivity index (χ4v) is 3.47. The average Bonchev–Trinajstić information content (AvgIpc) is 2.60. The molecule has 2 heterocycles. The molecule has 0 aromatic carbocycles. The van der Waals surface area contributed by atoms with Crippen molar-refractivity contribution in [1.82, 2.24) is 15.5 Å². The highest BCUT2D eigenvalue weighted by atomic mass is 127. The lowest BCUT2D eigenvalue weighted by Gasteiger charge is -2.37. The number of hydrogen-bond donors (Lipinski definition) is 2. The SMILES string of the molecule is CCNC(=NCC1(C)COC1)NC1CCN(C(=O)C(CC)CC)CC1.I. The van der Waals surface area contributed by atoms with E-state index < -0.39 is 0 Å². The molecule has 26 heavy (non-hydrogen) atoms. The van der Waals surface area contributed by atoms with Gasteiger partial charge in [-0.1, -0.05) is 20.8 Å². The summed E-state index contributed by atoms with van der Waals surface area (Å²) in [5.74, 6) is 1.41. The lowest BCUT2D eigenvalue weighted by atomic mass is 9.89. The summed E-state index contributed by atoms with van der Waals surface area (Å²) in [5.41, 5.74) is 0.188. The molecule has 7 heteroatoms. The number of amides is 1. The van der Waals surface area contributed by atoms with Crippen LogP contribution in [-0.2, 0) is 9.53 Å². The van der Waals surface area contributed by atoms with Crippen LogP contribution in [0.15, 0.2) is 4.99 Å². The molecule has 152 valence electrons. The summed E-state index contributed by atoms with van der Waals surface area (Å²) < 4.78 is 5.30. The summed E-state index contributed by atoms with van der Waals surface area (Å²) >= 11 is 0. The highest BCUT2D eigenvalue weighted by Crippen LogP contribution is 2.26. The van der Waals surface area contributed by atoms with E-state index in [2.05, 4.69) is 38.3 Å². The molecule has 0 aromatic rings. The number of carbonyl (C=O) groups excluding carboxylic acids is 1. The van der Waals surface area contributed by atoms with Crippen molar-refractivity contribution in [2.24, 2.45) is 16.3 Å². The number of ether oxygens (including phenoxy) is 1. The number of rotatable bonds is 7. The number of piperidine rings is 1. The Labute approximate surface area is 175 Å². The van der Waals surface area contributed by atoms with E-state index in [0.29, 0.717) is 11.9 Å². The molecule has 0 atom stereocenters. The van der Waals surface area contributed by atoms with Gasteiger partial charge in [0.05, 0.1) is 19.8 Å². The second-order valence-electron chi connectivity index (χ2n) is 7.76. The Morgan fingerprint density at radius 1 is 1.23 bits per heavy atom. The Balaban J connectivity index is 0.00000338. The highest BCUT2D eigenvalue weighted by molar-refractivity contribution is 14.0. The summed E-state index contributed by atoms with van der Waals surface area (Å²) in [4.78, 5) is 19.3. The van der Waals surface area contributed by atoms with Gasteiger partial charge in [0.1, 0.15) is 0 Å². The number of likely N-dealkylation sites (tertiary alicyclic amines) is 1. The molecule has 2 fully saturated rings. The molecule has 2 rings (SSSR count). The van der Waals surface area contributed by atoms with Crippen LogP contribution in [0.3, 0.4) is 0 Å². The van der Waals surface area contributed by atoms with Gasteiger partial charge in [-0.25, -0.2) is 0 Å². The normalized spacial score (nSPS) is 20.3. The van der Waals surface area contributed by atoms with Crippen molar-refractivity contribution in [2.75, 3.05) is 39.4 Å². The number of aliphatic imine (C=N–C) groups is 1. The van der Waals surface area contributed by atoms with Crippen LogP contribution in [0.1, 0.15) is 53.4 Å². The third-order valence-corrected chi connectivity index (χ3v) is 5.35. The van der Waals surface area contributed by atoms with E-state index in [4.69, 9.17) is 9.73 Å². The summed E-state index contributed by atoms with van der Waals surface area (Å²) in [6.07, 6.45) is 3.84. The number of carbonyl (C=O) groups is 1. The van der Waals surface area contributed by atoms with E-state index in [0.717, 1.165) is 71.0 Å². The van der Waals surface area contributed by atoms with Crippen LogP contribution in [0, 0.1) is 11.3 Å². The Morgan fingerprint density at radius 2 is 1.85 bits per heavy atom. The minimum Gasteiger partial charge on any atom is -0.380 e. The van der Waals surface area contributed by atoms with Crippen molar-refractivity contribution in [3.8, 4) is 0 Å². The van der Waals surface area contributed by atoms with Gasteiger partial charge in [-0.3, -0.25) is 9.79 Å². The van der Waals surface area contributed by atoms with Gasteiger partial charge in [0.2, 0.25) is 5.91 Å². The van der Waals surface area contributed by atoms with E-state index in [1.54, 1.807) is 0 Å². The van der Waals surface area contributed by atoms with Crippen LogP contribution in [0.4, 0.5) is 0 Å². The second kappa shape index (κ2) is 11.3. The maximum atomic E-state index is 12.5. The molecule has 0 saturated carbocycles. The average molecular weight is 480 g/mol. The molecule has 2 saturated heterocycles. The molecule has 0 radical (unpaired) electrons. The van der Waals surface area contributed by atoms with Crippen molar-refractivity contribution in [1.29, 1.82) is 0 Å². The first-order valence-electron chi connectivity index (χ1n) is 9.92. The molecule has 0 unspecified atom stereocenters. The van der Waals surface area contributed by atoms with E-state index in [9.17, 15) is 4.79 Å².